The molecule has 0 radical (unpaired) electrons. The zero-order valence-electron chi connectivity index (χ0n) is 11.3. The van der Waals surface area contributed by atoms with Crippen LogP contribution in [0.4, 0.5) is 19.0 Å². The summed E-state index contributed by atoms with van der Waals surface area (Å²) in [5, 5.41) is 12.6. The number of hydrogen-bond donors (Lipinski definition) is 1. The summed E-state index contributed by atoms with van der Waals surface area (Å²) in [6.07, 6.45) is -3.29. The SMILES string of the molecule is Cc1csc2ncnc(N3CCCC(O)(C(F)(F)F)C3)c12. The van der Waals surface area contributed by atoms with Gasteiger partial charge in [0.2, 0.25) is 0 Å². The number of rotatable bonds is 1. The van der Waals surface area contributed by atoms with Gasteiger partial charge in [-0.05, 0) is 30.7 Å². The molecule has 1 N–H and O–H groups in total. The molecule has 1 unspecified atom stereocenters. The standard InChI is InChI=1S/C13H14F3N3OS/c1-8-5-21-11-9(8)10(17-7-18-11)19-4-2-3-12(20,6-19)13(14,15)16/h5,7,20H,2-4,6H2,1H3. The number of hydrogen-bond acceptors (Lipinski definition) is 5. The van der Waals surface area contributed by atoms with Crippen LogP contribution >= 0.6 is 11.3 Å². The normalized spacial score (nSPS) is 23.8. The molecule has 1 saturated heterocycles. The zero-order valence-corrected chi connectivity index (χ0v) is 12.1. The lowest BCUT2D eigenvalue weighted by molar-refractivity contribution is -0.261. The van der Waals surface area contributed by atoms with Gasteiger partial charge in [0.1, 0.15) is 17.0 Å². The molecule has 1 aliphatic heterocycles. The highest BCUT2D eigenvalue weighted by Gasteiger charge is 2.55. The molecule has 3 heterocycles. The van der Waals surface area contributed by atoms with Crippen LogP contribution in [0.3, 0.4) is 0 Å². The number of aliphatic hydroxyl groups is 1. The maximum absolute atomic E-state index is 13.0. The van der Waals surface area contributed by atoms with Crippen molar-refractivity contribution < 1.29 is 18.3 Å². The second-order valence-corrected chi connectivity index (χ2v) is 6.21. The molecule has 0 aromatic carbocycles. The van der Waals surface area contributed by atoms with E-state index in [4.69, 9.17) is 0 Å². The summed E-state index contributed by atoms with van der Waals surface area (Å²) in [5.41, 5.74) is -1.74. The van der Waals surface area contributed by atoms with Crippen molar-refractivity contribution in [1.82, 2.24) is 9.97 Å². The molecule has 0 aliphatic carbocycles. The van der Waals surface area contributed by atoms with Gasteiger partial charge in [-0.2, -0.15) is 13.2 Å². The molecule has 1 atom stereocenters. The fourth-order valence-corrected chi connectivity index (χ4v) is 3.57. The molecule has 0 amide bonds. The van der Waals surface area contributed by atoms with Crippen LogP contribution in [0, 0.1) is 6.92 Å². The highest BCUT2D eigenvalue weighted by atomic mass is 32.1. The van der Waals surface area contributed by atoms with Crippen LogP contribution < -0.4 is 4.90 Å². The van der Waals surface area contributed by atoms with Crippen molar-refractivity contribution in [2.24, 2.45) is 0 Å². The number of piperidine rings is 1. The van der Waals surface area contributed by atoms with Crippen LogP contribution in [0.1, 0.15) is 18.4 Å². The van der Waals surface area contributed by atoms with E-state index in [-0.39, 0.29) is 12.8 Å². The largest absolute Gasteiger partial charge is 0.418 e. The summed E-state index contributed by atoms with van der Waals surface area (Å²) >= 11 is 1.44. The average molecular weight is 317 g/mol. The number of anilines is 1. The van der Waals surface area contributed by atoms with E-state index in [0.717, 1.165) is 15.8 Å². The van der Waals surface area contributed by atoms with E-state index < -0.39 is 18.3 Å². The number of aromatic nitrogens is 2. The summed E-state index contributed by atoms with van der Waals surface area (Å²) < 4.78 is 39.1. The number of β-amino-alcohol motifs (C(OH)–C–C–N with tert-alkyl or cyclic N) is 1. The lowest BCUT2D eigenvalue weighted by Crippen LogP contribution is -2.57. The van der Waals surface area contributed by atoms with Crippen molar-refractivity contribution in [1.29, 1.82) is 0 Å². The number of thiophene rings is 1. The summed E-state index contributed by atoms with van der Waals surface area (Å²) in [7, 11) is 0. The lowest BCUT2D eigenvalue weighted by atomic mass is 9.92. The maximum Gasteiger partial charge on any atom is 0.418 e. The van der Waals surface area contributed by atoms with E-state index in [1.165, 1.54) is 22.6 Å². The van der Waals surface area contributed by atoms with Gasteiger partial charge in [-0.3, -0.25) is 0 Å². The van der Waals surface area contributed by atoms with Gasteiger partial charge in [-0.1, -0.05) is 0 Å². The Bertz CT molecular complexity index is 672. The first kappa shape index (κ1) is 14.5. The summed E-state index contributed by atoms with van der Waals surface area (Å²) in [5.74, 6) is 0.473. The van der Waals surface area contributed by atoms with Crippen LogP contribution in [-0.4, -0.2) is 39.9 Å². The molecule has 114 valence electrons. The molecule has 1 aliphatic rings. The molecule has 8 heteroatoms. The second kappa shape index (κ2) is 4.81. The first-order valence-corrected chi connectivity index (χ1v) is 7.43. The molecule has 4 nitrogen and oxygen atoms in total. The highest BCUT2D eigenvalue weighted by molar-refractivity contribution is 7.17. The van der Waals surface area contributed by atoms with Crippen molar-refractivity contribution in [2.75, 3.05) is 18.0 Å². The van der Waals surface area contributed by atoms with E-state index in [2.05, 4.69) is 9.97 Å². The van der Waals surface area contributed by atoms with E-state index >= 15 is 0 Å². The van der Waals surface area contributed by atoms with Crippen LogP contribution in [0.15, 0.2) is 11.7 Å². The lowest BCUT2D eigenvalue weighted by Gasteiger charge is -2.40. The minimum atomic E-state index is -4.64. The van der Waals surface area contributed by atoms with Crippen molar-refractivity contribution in [3.8, 4) is 0 Å². The van der Waals surface area contributed by atoms with Crippen LogP contribution in [0.25, 0.3) is 10.2 Å². The molecule has 3 rings (SSSR count). The number of fused-ring (bicyclic) bond motifs is 1. The minimum absolute atomic E-state index is 0.269. The van der Waals surface area contributed by atoms with E-state index in [1.807, 2.05) is 12.3 Å². The minimum Gasteiger partial charge on any atom is -0.379 e. The molecule has 0 bridgehead atoms. The van der Waals surface area contributed by atoms with E-state index in [0.29, 0.717) is 12.4 Å². The van der Waals surface area contributed by atoms with Crippen molar-refractivity contribution in [3.05, 3.63) is 17.3 Å². The number of halogens is 3. The van der Waals surface area contributed by atoms with Gasteiger partial charge in [0.15, 0.2) is 5.60 Å². The van der Waals surface area contributed by atoms with Gasteiger partial charge in [-0.25, -0.2) is 9.97 Å². The van der Waals surface area contributed by atoms with Gasteiger partial charge >= 0.3 is 6.18 Å². The van der Waals surface area contributed by atoms with Gasteiger partial charge in [0.25, 0.3) is 0 Å². The fraction of sp³-hybridized carbons (Fsp3) is 0.538. The summed E-state index contributed by atoms with van der Waals surface area (Å²) in [6.45, 7) is 1.84. The highest BCUT2D eigenvalue weighted by Crippen LogP contribution is 2.40. The Morgan fingerprint density at radius 3 is 2.86 bits per heavy atom. The number of aryl methyl sites for hydroxylation is 1. The van der Waals surface area contributed by atoms with Crippen molar-refractivity contribution in [2.45, 2.75) is 31.5 Å². The second-order valence-electron chi connectivity index (χ2n) is 5.35. The molecular weight excluding hydrogens is 303 g/mol. The molecule has 2 aromatic rings. The predicted molar refractivity (Wildman–Crippen MR) is 74.6 cm³/mol. The van der Waals surface area contributed by atoms with Gasteiger partial charge in [0, 0.05) is 6.54 Å². The maximum atomic E-state index is 13.0. The average Bonchev–Trinajstić information content (AvgIpc) is 2.80. The molecule has 0 spiro atoms. The molecule has 0 saturated carbocycles. The Morgan fingerprint density at radius 2 is 2.14 bits per heavy atom. The van der Waals surface area contributed by atoms with Gasteiger partial charge in [-0.15, -0.1) is 11.3 Å². The Hall–Kier alpha value is -1.41. The third-order valence-electron chi connectivity index (χ3n) is 3.83. The fourth-order valence-electron chi connectivity index (χ4n) is 2.69. The topological polar surface area (TPSA) is 49.2 Å². The Labute approximate surface area is 123 Å². The first-order chi connectivity index (χ1) is 9.82. The third-order valence-corrected chi connectivity index (χ3v) is 4.84. The van der Waals surface area contributed by atoms with Crippen molar-refractivity contribution >= 4 is 27.4 Å². The van der Waals surface area contributed by atoms with Crippen molar-refractivity contribution in [3.63, 3.8) is 0 Å². The monoisotopic (exact) mass is 317 g/mol. The van der Waals surface area contributed by atoms with Crippen LogP contribution in [-0.2, 0) is 0 Å². The summed E-state index contributed by atoms with van der Waals surface area (Å²) in [4.78, 5) is 10.6. The van der Waals surface area contributed by atoms with Crippen LogP contribution in [0.2, 0.25) is 0 Å². The molecule has 1 fully saturated rings. The van der Waals surface area contributed by atoms with E-state index in [1.54, 1.807) is 0 Å². The third kappa shape index (κ3) is 2.36. The van der Waals surface area contributed by atoms with Gasteiger partial charge < -0.3 is 10.0 Å². The van der Waals surface area contributed by atoms with E-state index in [9.17, 15) is 18.3 Å². The number of alkyl halides is 3. The first-order valence-electron chi connectivity index (χ1n) is 6.55. The predicted octanol–water partition coefficient (Wildman–Crippen LogP) is 2.89. The number of nitrogens with zero attached hydrogens (tertiary/aromatic N) is 3. The zero-order chi connectivity index (χ0) is 15.3. The Kier molecular flexibility index (Phi) is 3.32. The summed E-state index contributed by atoms with van der Waals surface area (Å²) in [6, 6.07) is 0. The Morgan fingerprint density at radius 1 is 1.38 bits per heavy atom. The quantitative estimate of drug-likeness (QED) is 0.878. The van der Waals surface area contributed by atoms with Crippen LogP contribution in [0.5, 0.6) is 0 Å². The smallest absolute Gasteiger partial charge is 0.379 e. The molecular formula is C13H14F3N3OS. The molecule has 21 heavy (non-hydrogen) atoms. The molecule has 2 aromatic heterocycles. The van der Waals surface area contributed by atoms with Gasteiger partial charge in [0.05, 0.1) is 11.9 Å². The Balaban J connectivity index is 2.01.